The lowest BCUT2D eigenvalue weighted by Gasteiger charge is -2.14. The van der Waals surface area contributed by atoms with Gasteiger partial charge >= 0.3 is 0 Å². The van der Waals surface area contributed by atoms with Gasteiger partial charge in [-0.1, -0.05) is 62.4 Å². The van der Waals surface area contributed by atoms with Crippen LogP contribution in [0, 0.1) is 11.3 Å². The molecule has 2 heterocycles. The number of nitriles is 1. The van der Waals surface area contributed by atoms with Gasteiger partial charge < -0.3 is 5.32 Å². The zero-order chi connectivity index (χ0) is 21.3. The molecular weight excluding hydrogens is 412 g/mol. The molecular formula is C23H24N4OS2. The molecule has 0 aliphatic rings. The van der Waals surface area contributed by atoms with Crippen LogP contribution in [-0.2, 0) is 11.2 Å². The number of hydrogen-bond donors (Lipinski definition) is 1. The lowest BCUT2D eigenvalue weighted by molar-refractivity contribution is -0.115. The predicted octanol–water partition coefficient (Wildman–Crippen LogP) is 5.93. The van der Waals surface area contributed by atoms with Crippen LogP contribution in [0.25, 0.3) is 11.3 Å². The maximum Gasteiger partial charge on any atom is 0.239 e. The van der Waals surface area contributed by atoms with E-state index in [-0.39, 0.29) is 11.2 Å². The molecule has 0 radical (unpaired) electrons. The summed E-state index contributed by atoms with van der Waals surface area (Å²) in [5.41, 5.74) is 3.32. The van der Waals surface area contributed by atoms with Crippen LogP contribution < -0.4 is 5.32 Å². The Balaban J connectivity index is 1.71. The highest BCUT2D eigenvalue weighted by Crippen LogP contribution is 2.30. The molecule has 1 amide bonds. The van der Waals surface area contributed by atoms with Crippen molar-refractivity contribution in [3.63, 3.8) is 0 Å². The Morgan fingerprint density at radius 3 is 2.70 bits per heavy atom. The van der Waals surface area contributed by atoms with Crippen molar-refractivity contribution in [1.29, 1.82) is 5.26 Å². The quantitative estimate of drug-likeness (QED) is 0.421. The maximum atomic E-state index is 12.9. The van der Waals surface area contributed by atoms with E-state index in [1.54, 1.807) is 6.07 Å². The van der Waals surface area contributed by atoms with Crippen LogP contribution in [-0.4, -0.2) is 21.1 Å². The highest BCUT2D eigenvalue weighted by atomic mass is 32.2. The van der Waals surface area contributed by atoms with Gasteiger partial charge in [0.15, 0.2) is 5.13 Å². The number of carbonyl (C=O) groups excluding carboxylic acids is 1. The molecule has 0 saturated carbocycles. The molecule has 5 nitrogen and oxygen atoms in total. The lowest BCUT2D eigenvalue weighted by atomic mass is 10.2. The van der Waals surface area contributed by atoms with Gasteiger partial charge in [-0.15, -0.1) is 11.3 Å². The number of rotatable bonds is 9. The number of thioether (sulfide) groups is 1. The Labute approximate surface area is 185 Å². The van der Waals surface area contributed by atoms with Crippen LogP contribution in [0.5, 0.6) is 0 Å². The molecule has 0 spiro atoms. The van der Waals surface area contributed by atoms with Crippen LogP contribution >= 0.6 is 23.1 Å². The maximum absolute atomic E-state index is 12.9. The molecule has 1 atom stereocenters. The summed E-state index contributed by atoms with van der Waals surface area (Å²) in [5.74, 6) is -0.124. The highest BCUT2D eigenvalue weighted by Gasteiger charge is 2.22. The number of nitrogens with zero attached hydrogens (tertiary/aromatic N) is 3. The third-order valence-corrected chi connectivity index (χ3v) is 6.67. The van der Waals surface area contributed by atoms with Gasteiger partial charge in [-0.3, -0.25) is 4.79 Å². The monoisotopic (exact) mass is 436 g/mol. The van der Waals surface area contributed by atoms with E-state index in [0.717, 1.165) is 36.2 Å². The first kappa shape index (κ1) is 22.0. The summed E-state index contributed by atoms with van der Waals surface area (Å²) in [6.07, 6.45) is 3.64. The number of hydrogen-bond acceptors (Lipinski definition) is 6. The minimum absolute atomic E-state index is 0.124. The molecule has 1 unspecified atom stereocenters. The van der Waals surface area contributed by atoms with Crippen molar-refractivity contribution in [3.05, 3.63) is 59.1 Å². The van der Waals surface area contributed by atoms with Crippen LogP contribution in [0.2, 0.25) is 0 Å². The summed E-state index contributed by atoms with van der Waals surface area (Å²) in [7, 11) is 0. The van der Waals surface area contributed by atoms with Gasteiger partial charge in [-0.05, 0) is 31.4 Å². The molecule has 1 N–H and O–H groups in total. The van der Waals surface area contributed by atoms with E-state index in [4.69, 9.17) is 0 Å². The summed E-state index contributed by atoms with van der Waals surface area (Å²) >= 11 is 2.76. The number of aromatic nitrogens is 2. The molecule has 0 aliphatic heterocycles. The first-order chi connectivity index (χ1) is 14.6. The van der Waals surface area contributed by atoms with Gasteiger partial charge in [-0.25, -0.2) is 9.97 Å². The van der Waals surface area contributed by atoms with Gasteiger partial charge in [-0.2, -0.15) is 5.26 Å². The number of aryl methyl sites for hydroxylation is 1. The largest absolute Gasteiger partial charge is 0.301 e. The third kappa shape index (κ3) is 5.68. The van der Waals surface area contributed by atoms with Crippen molar-refractivity contribution in [2.75, 3.05) is 5.32 Å². The first-order valence-electron chi connectivity index (χ1n) is 10.0. The Morgan fingerprint density at radius 1 is 1.20 bits per heavy atom. The molecule has 0 aliphatic carbocycles. The Bertz CT molecular complexity index is 1030. The standard InChI is InChI=1S/C23H24N4OS2/c1-3-5-11-18-13-12-17(14-24)22(25-18)30-20(4-2)21(28)27-23-26-19(15-29-23)16-9-7-6-8-10-16/h6-10,12-13,15,20H,3-5,11H2,1-2H3,(H,26,27,28). The third-order valence-electron chi connectivity index (χ3n) is 4.55. The van der Waals surface area contributed by atoms with Gasteiger partial charge in [0.05, 0.1) is 16.5 Å². The van der Waals surface area contributed by atoms with E-state index in [1.807, 2.05) is 48.7 Å². The molecule has 2 aromatic heterocycles. The highest BCUT2D eigenvalue weighted by molar-refractivity contribution is 8.00. The molecule has 0 bridgehead atoms. The van der Waals surface area contributed by atoms with Crippen LogP contribution in [0.3, 0.4) is 0 Å². The molecule has 1 aromatic carbocycles. The summed E-state index contributed by atoms with van der Waals surface area (Å²) < 4.78 is 0. The van der Waals surface area contributed by atoms with Crippen LogP contribution in [0.15, 0.2) is 52.9 Å². The minimum atomic E-state index is -0.352. The number of benzene rings is 1. The minimum Gasteiger partial charge on any atom is -0.301 e. The summed E-state index contributed by atoms with van der Waals surface area (Å²) in [6.45, 7) is 4.10. The van der Waals surface area contributed by atoms with E-state index >= 15 is 0 Å². The molecule has 3 rings (SSSR count). The van der Waals surface area contributed by atoms with Crippen molar-refractivity contribution >= 4 is 34.1 Å². The molecule has 0 fully saturated rings. The number of amides is 1. The molecule has 0 saturated heterocycles. The zero-order valence-corrected chi connectivity index (χ0v) is 18.7. The van der Waals surface area contributed by atoms with E-state index in [1.165, 1.54) is 23.1 Å². The van der Waals surface area contributed by atoms with Crippen molar-refractivity contribution in [2.24, 2.45) is 0 Å². The number of unbranched alkanes of at least 4 members (excludes halogenated alkanes) is 1. The van der Waals surface area contributed by atoms with Crippen molar-refractivity contribution in [3.8, 4) is 17.3 Å². The first-order valence-corrected chi connectivity index (χ1v) is 11.8. The summed E-state index contributed by atoms with van der Waals surface area (Å²) in [5, 5.41) is 15.1. The zero-order valence-electron chi connectivity index (χ0n) is 17.1. The number of anilines is 1. The molecule has 3 aromatic rings. The Kier molecular flexibility index (Phi) is 8.00. The van der Waals surface area contributed by atoms with E-state index < -0.39 is 0 Å². The van der Waals surface area contributed by atoms with Gasteiger partial charge in [0.25, 0.3) is 0 Å². The van der Waals surface area contributed by atoms with Gasteiger partial charge in [0, 0.05) is 16.6 Å². The molecule has 30 heavy (non-hydrogen) atoms. The van der Waals surface area contributed by atoms with Crippen molar-refractivity contribution in [1.82, 2.24) is 9.97 Å². The number of carbonyl (C=O) groups is 1. The van der Waals surface area contributed by atoms with Crippen LogP contribution in [0.1, 0.15) is 44.4 Å². The predicted molar refractivity (Wildman–Crippen MR) is 124 cm³/mol. The number of nitrogens with one attached hydrogen (secondary N) is 1. The van der Waals surface area contributed by atoms with Crippen molar-refractivity contribution < 1.29 is 4.79 Å². The average Bonchev–Trinajstić information content (AvgIpc) is 3.25. The normalized spacial score (nSPS) is 11.6. The smallest absolute Gasteiger partial charge is 0.239 e. The van der Waals surface area contributed by atoms with Gasteiger partial charge in [0.1, 0.15) is 11.1 Å². The van der Waals surface area contributed by atoms with Crippen LogP contribution in [0.4, 0.5) is 5.13 Å². The number of pyridine rings is 1. The molecule has 154 valence electrons. The topological polar surface area (TPSA) is 78.7 Å². The lowest BCUT2D eigenvalue weighted by Crippen LogP contribution is -2.24. The second-order valence-electron chi connectivity index (χ2n) is 6.78. The van der Waals surface area contributed by atoms with E-state index in [0.29, 0.717) is 22.1 Å². The Morgan fingerprint density at radius 2 is 2.00 bits per heavy atom. The fraction of sp³-hybridized carbons (Fsp3) is 0.304. The summed E-state index contributed by atoms with van der Waals surface area (Å²) in [6, 6.07) is 15.8. The fourth-order valence-corrected chi connectivity index (χ4v) is 4.60. The Hall–Kier alpha value is -2.69. The second kappa shape index (κ2) is 10.9. The summed E-state index contributed by atoms with van der Waals surface area (Å²) in [4.78, 5) is 22.1. The van der Waals surface area contributed by atoms with Crippen molar-refractivity contribution in [2.45, 2.75) is 49.8 Å². The second-order valence-corrected chi connectivity index (χ2v) is 8.83. The fourth-order valence-electron chi connectivity index (χ4n) is 2.87. The number of thiazole rings is 1. The average molecular weight is 437 g/mol. The van der Waals surface area contributed by atoms with Gasteiger partial charge in [0.2, 0.25) is 5.91 Å². The van der Waals surface area contributed by atoms with E-state index in [2.05, 4.69) is 28.3 Å². The molecule has 7 heteroatoms. The SMILES string of the molecule is CCCCc1ccc(C#N)c(SC(CC)C(=O)Nc2nc(-c3ccccc3)cs2)n1. The van der Waals surface area contributed by atoms with E-state index in [9.17, 15) is 10.1 Å².